The van der Waals surface area contributed by atoms with Crippen molar-refractivity contribution in [2.75, 3.05) is 26.2 Å². The van der Waals surface area contributed by atoms with Crippen LogP contribution in [0.3, 0.4) is 0 Å². The number of piperidine rings is 1. The van der Waals surface area contributed by atoms with Crippen LogP contribution in [-0.4, -0.2) is 36.6 Å². The van der Waals surface area contributed by atoms with Crippen LogP contribution in [0.15, 0.2) is 30.3 Å². The van der Waals surface area contributed by atoms with E-state index >= 15 is 0 Å². The van der Waals surface area contributed by atoms with Crippen LogP contribution in [0.25, 0.3) is 0 Å². The smallest absolute Gasteiger partial charge is 0.0255 e. The summed E-state index contributed by atoms with van der Waals surface area (Å²) in [5, 5.41) is 3.87. The third-order valence-corrected chi connectivity index (χ3v) is 5.26. The van der Waals surface area contributed by atoms with Gasteiger partial charge in [0.25, 0.3) is 0 Å². The summed E-state index contributed by atoms with van der Waals surface area (Å²) in [6.45, 7) is 7.32. The van der Waals surface area contributed by atoms with Crippen molar-refractivity contribution in [1.29, 1.82) is 0 Å². The van der Waals surface area contributed by atoms with E-state index in [-0.39, 0.29) is 24.8 Å². The summed E-state index contributed by atoms with van der Waals surface area (Å²) in [7, 11) is 0. The van der Waals surface area contributed by atoms with E-state index in [0.29, 0.717) is 5.54 Å². The highest BCUT2D eigenvalue weighted by Crippen LogP contribution is 2.53. The van der Waals surface area contributed by atoms with Gasteiger partial charge in [-0.15, -0.1) is 24.8 Å². The van der Waals surface area contributed by atoms with E-state index in [2.05, 4.69) is 47.5 Å². The molecular weight excluding hydrogens is 315 g/mol. The van der Waals surface area contributed by atoms with Crippen LogP contribution < -0.4 is 5.32 Å². The van der Waals surface area contributed by atoms with Crippen molar-refractivity contribution in [2.24, 2.45) is 0 Å². The molecule has 1 aromatic carbocycles. The second-order valence-electron chi connectivity index (χ2n) is 6.51. The van der Waals surface area contributed by atoms with Crippen molar-refractivity contribution >= 4 is 24.8 Å². The second kappa shape index (κ2) is 9.12. The van der Waals surface area contributed by atoms with E-state index < -0.39 is 0 Å². The molecule has 1 N–H and O–H groups in total. The standard InChI is InChI=1S/C18H28N2.2ClH/c1-2-18(15-17(18)16-9-5-3-6-10-16)19-11-14-20-12-7-4-8-13-20;;/h3,5-6,9-10,17,19H,2,4,7-8,11-15H2,1H3;2*1H. The first kappa shape index (κ1) is 19.8. The summed E-state index contributed by atoms with van der Waals surface area (Å²) >= 11 is 0. The fraction of sp³-hybridized carbons (Fsp3) is 0.667. The van der Waals surface area contributed by atoms with Gasteiger partial charge < -0.3 is 10.2 Å². The van der Waals surface area contributed by atoms with E-state index in [1.807, 2.05) is 0 Å². The second-order valence-corrected chi connectivity index (χ2v) is 6.51. The summed E-state index contributed by atoms with van der Waals surface area (Å²) in [5.74, 6) is 0.732. The van der Waals surface area contributed by atoms with Gasteiger partial charge in [0.2, 0.25) is 0 Å². The zero-order chi connectivity index (χ0) is 13.8. The van der Waals surface area contributed by atoms with E-state index in [1.165, 1.54) is 57.3 Å². The number of hydrogen-bond acceptors (Lipinski definition) is 2. The van der Waals surface area contributed by atoms with Crippen LogP contribution in [0.2, 0.25) is 0 Å². The first-order valence-corrected chi connectivity index (χ1v) is 8.36. The number of nitrogens with one attached hydrogen (secondary N) is 1. The molecule has 0 aromatic heterocycles. The molecule has 22 heavy (non-hydrogen) atoms. The lowest BCUT2D eigenvalue weighted by atomic mass is 10.0. The van der Waals surface area contributed by atoms with Crippen LogP contribution in [0, 0.1) is 0 Å². The number of likely N-dealkylation sites (tertiary alicyclic amines) is 1. The molecule has 2 nitrogen and oxygen atoms in total. The maximum atomic E-state index is 3.87. The molecule has 0 spiro atoms. The molecule has 0 radical (unpaired) electrons. The summed E-state index contributed by atoms with van der Waals surface area (Å²) in [5.41, 5.74) is 1.90. The van der Waals surface area contributed by atoms with Gasteiger partial charge in [-0.2, -0.15) is 0 Å². The van der Waals surface area contributed by atoms with Gasteiger partial charge in [0, 0.05) is 24.5 Å². The number of halogens is 2. The van der Waals surface area contributed by atoms with Crippen LogP contribution in [0.4, 0.5) is 0 Å². The molecule has 3 rings (SSSR count). The van der Waals surface area contributed by atoms with Gasteiger partial charge in [-0.25, -0.2) is 0 Å². The topological polar surface area (TPSA) is 15.3 Å². The van der Waals surface area contributed by atoms with Crippen molar-refractivity contribution in [3.8, 4) is 0 Å². The molecule has 126 valence electrons. The molecule has 1 heterocycles. The molecule has 2 fully saturated rings. The number of hydrogen-bond donors (Lipinski definition) is 1. The minimum absolute atomic E-state index is 0. The molecule has 1 saturated carbocycles. The van der Waals surface area contributed by atoms with Crippen molar-refractivity contribution in [1.82, 2.24) is 10.2 Å². The predicted molar refractivity (Wildman–Crippen MR) is 99.6 cm³/mol. The van der Waals surface area contributed by atoms with Gasteiger partial charge in [-0.05, 0) is 44.3 Å². The average Bonchev–Trinajstić information content (AvgIpc) is 3.24. The minimum Gasteiger partial charge on any atom is -0.309 e. The first-order valence-electron chi connectivity index (χ1n) is 8.36. The fourth-order valence-corrected chi connectivity index (χ4v) is 3.78. The van der Waals surface area contributed by atoms with Crippen molar-refractivity contribution < 1.29 is 0 Å². The lowest BCUT2D eigenvalue weighted by Crippen LogP contribution is -2.40. The Morgan fingerprint density at radius 2 is 1.77 bits per heavy atom. The average molecular weight is 345 g/mol. The molecule has 4 heteroatoms. The van der Waals surface area contributed by atoms with E-state index in [1.54, 1.807) is 0 Å². The summed E-state index contributed by atoms with van der Waals surface area (Å²) in [6, 6.07) is 11.0. The van der Waals surface area contributed by atoms with Gasteiger partial charge in [0.1, 0.15) is 0 Å². The Balaban J connectivity index is 0.00000121. The molecule has 2 atom stereocenters. The summed E-state index contributed by atoms with van der Waals surface area (Å²) < 4.78 is 0. The highest BCUT2D eigenvalue weighted by molar-refractivity contribution is 5.85. The van der Waals surface area contributed by atoms with Crippen molar-refractivity contribution in [2.45, 2.75) is 50.5 Å². The highest BCUT2D eigenvalue weighted by Gasteiger charge is 2.52. The summed E-state index contributed by atoms with van der Waals surface area (Å²) in [4.78, 5) is 2.62. The molecule has 2 unspecified atom stereocenters. The van der Waals surface area contributed by atoms with Crippen LogP contribution in [0.1, 0.15) is 50.5 Å². The Morgan fingerprint density at radius 3 is 2.41 bits per heavy atom. The third kappa shape index (κ3) is 4.61. The van der Waals surface area contributed by atoms with Crippen LogP contribution in [0.5, 0.6) is 0 Å². The molecule has 1 saturated heterocycles. The van der Waals surface area contributed by atoms with Gasteiger partial charge in [0.15, 0.2) is 0 Å². The Labute approximate surface area is 147 Å². The lowest BCUT2D eigenvalue weighted by molar-refractivity contribution is 0.224. The van der Waals surface area contributed by atoms with Crippen LogP contribution >= 0.6 is 24.8 Å². The van der Waals surface area contributed by atoms with E-state index in [4.69, 9.17) is 0 Å². The Bertz CT molecular complexity index is 420. The number of rotatable bonds is 6. The zero-order valence-electron chi connectivity index (χ0n) is 13.6. The van der Waals surface area contributed by atoms with Crippen molar-refractivity contribution in [3.05, 3.63) is 35.9 Å². The molecule has 0 amide bonds. The number of nitrogens with zero attached hydrogens (tertiary/aromatic N) is 1. The van der Waals surface area contributed by atoms with Crippen molar-refractivity contribution in [3.63, 3.8) is 0 Å². The molecule has 1 aromatic rings. The SMILES string of the molecule is CCC1(NCCN2CCCCC2)CC1c1ccccc1.Cl.Cl. The zero-order valence-corrected chi connectivity index (χ0v) is 15.2. The molecule has 2 aliphatic rings. The van der Waals surface area contributed by atoms with Gasteiger partial charge >= 0.3 is 0 Å². The maximum absolute atomic E-state index is 3.87. The minimum atomic E-state index is 0. The van der Waals surface area contributed by atoms with Gasteiger partial charge in [0.05, 0.1) is 0 Å². The molecule has 1 aliphatic heterocycles. The predicted octanol–water partition coefficient (Wildman–Crippen LogP) is 4.24. The molecule has 1 aliphatic carbocycles. The monoisotopic (exact) mass is 344 g/mol. The largest absolute Gasteiger partial charge is 0.309 e. The quantitative estimate of drug-likeness (QED) is 0.830. The highest BCUT2D eigenvalue weighted by atomic mass is 35.5. The molecular formula is C18H30Cl2N2. The fourth-order valence-electron chi connectivity index (χ4n) is 3.78. The first-order chi connectivity index (χ1) is 9.84. The van der Waals surface area contributed by atoms with E-state index in [9.17, 15) is 0 Å². The Hall–Kier alpha value is -0.280. The Kier molecular flexibility index (Phi) is 8.20. The van der Waals surface area contributed by atoms with Gasteiger partial charge in [-0.1, -0.05) is 43.7 Å². The van der Waals surface area contributed by atoms with Gasteiger partial charge in [-0.3, -0.25) is 0 Å². The van der Waals surface area contributed by atoms with Crippen LogP contribution in [-0.2, 0) is 0 Å². The third-order valence-electron chi connectivity index (χ3n) is 5.26. The normalized spacial score (nSPS) is 27.6. The van der Waals surface area contributed by atoms with E-state index in [0.717, 1.165) is 12.5 Å². The number of benzene rings is 1. The summed E-state index contributed by atoms with van der Waals surface area (Å²) in [6.07, 6.45) is 6.77. The Morgan fingerprint density at radius 1 is 1.09 bits per heavy atom. The molecule has 0 bridgehead atoms. The maximum Gasteiger partial charge on any atom is 0.0255 e. The lowest BCUT2D eigenvalue weighted by Gasteiger charge is -2.27.